The maximum atomic E-state index is 12.6. The van der Waals surface area contributed by atoms with E-state index < -0.39 is 0 Å². The Morgan fingerprint density at radius 1 is 1.00 bits per heavy atom. The van der Waals surface area contributed by atoms with Crippen LogP contribution in [0.3, 0.4) is 0 Å². The molecule has 7 heteroatoms. The molecule has 5 nitrogen and oxygen atoms in total. The lowest BCUT2D eigenvalue weighted by molar-refractivity contribution is -0.119. The zero-order valence-corrected chi connectivity index (χ0v) is 16.7. The van der Waals surface area contributed by atoms with Crippen LogP contribution in [0.1, 0.15) is 21.5 Å². The van der Waals surface area contributed by atoms with Crippen LogP contribution in [0.25, 0.3) is 20.8 Å². The average Bonchev–Trinajstić information content (AvgIpc) is 3.33. The molecule has 2 amide bonds. The number of amides is 2. The highest BCUT2D eigenvalue weighted by atomic mass is 32.1. The maximum Gasteiger partial charge on any atom is 0.265 e. The lowest BCUT2D eigenvalue weighted by atomic mass is 10.2. The number of para-hydroxylation sites is 1. The van der Waals surface area contributed by atoms with Gasteiger partial charge in [0.25, 0.3) is 5.91 Å². The van der Waals surface area contributed by atoms with E-state index in [9.17, 15) is 9.59 Å². The average molecular weight is 408 g/mol. The monoisotopic (exact) mass is 407 g/mol. The first-order chi connectivity index (χ1) is 13.6. The number of rotatable bonds is 5. The van der Waals surface area contributed by atoms with Crippen molar-refractivity contribution in [1.82, 2.24) is 10.3 Å². The van der Waals surface area contributed by atoms with Gasteiger partial charge in [0.15, 0.2) is 0 Å². The van der Waals surface area contributed by atoms with Crippen molar-refractivity contribution < 1.29 is 9.59 Å². The third-order valence-corrected chi connectivity index (χ3v) is 6.23. The van der Waals surface area contributed by atoms with E-state index in [1.807, 2.05) is 48.5 Å². The normalized spacial score (nSPS) is 10.8. The summed E-state index contributed by atoms with van der Waals surface area (Å²) >= 11 is 3.00. The first kappa shape index (κ1) is 18.3. The highest BCUT2D eigenvalue weighted by Gasteiger charge is 2.11. The molecule has 0 aliphatic rings. The number of nitrogens with one attached hydrogen (secondary N) is 2. The van der Waals surface area contributed by atoms with E-state index in [4.69, 9.17) is 0 Å². The molecule has 0 saturated heterocycles. The second-order valence-corrected chi connectivity index (χ2v) is 8.40. The lowest BCUT2D eigenvalue weighted by Gasteiger charge is -2.05. The first-order valence-electron chi connectivity index (χ1n) is 8.69. The summed E-state index contributed by atoms with van der Waals surface area (Å²) in [5.41, 5.74) is 2.66. The van der Waals surface area contributed by atoms with Crippen LogP contribution in [0.2, 0.25) is 0 Å². The quantitative estimate of drug-likeness (QED) is 0.494. The van der Waals surface area contributed by atoms with Crippen LogP contribution in [0.15, 0.2) is 60.7 Å². The van der Waals surface area contributed by atoms with Gasteiger partial charge in [0.05, 0.1) is 21.6 Å². The molecule has 0 radical (unpaired) electrons. The number of hydrogen-bond donors (Lipinski definition) is 2. The Kier molecular flexibility index (Phi) is 5.18. The van der Waals surface area contributed by atoms with Gasteiger partial charge in [-0.25, -0.2) is 4.98 Å². The molecule has 140 valence electrons. The fourth-order valence-corrected chi connectivity index (χ4v) is 4.53. The summed E-state index contributed by atoms with van der Waals surface area (Å²) in [6.45, 7) is 1.90. The Morgan fingerprint density at radius 2 is 1.86 bits per heavy atom. The SMILES string of the molecule is CC(=O)NCc1ccc(C(=O)Nc2cccc(-c3nc4ccccc4s3)c2)s1. The summed E-state index contributed by atoms with van der Waals surface area (Å²) in [4.78, 5) is 29.8. The summed E-state index contributed by atoms with van der Waals surface area (Å²) in [6.07, 6.45) is 0. The van der Waals surface area contributed by atoms with Crippen molar-refractivity contribution >= 4 is 50.4 Å². The van der Waals surface area contributed by atoms with Gasteiger partial charge < -0.3 is 10.6 Å². The van der Waals surface area contributed by atoms with Crippen molar-refractivity contribution in [3.63, 3.8) is 0 Å². The van der Waals surface area contributed by atoms with Crippen molar-refractivity contribution in [2.75, 3.05) is 5.32 Å². The van der Waals surface area contributed by atoms with E-state index in [-0.39, 0.29) is 11.8 Å². The number of benzene rings is 2. The van der Waals surface area contributed by atoms with Crippen molar-refractivity contribution in [1.29, 1.82) is 0 Å². The smallest absolute Gasteiger partial charge is 0.265 e. The van der Waals surface area contributed by atoms with Crippen LogP contribution in [0, 0.1) is 0 Å². The highest BCUT2D eigenvalue weighted by Crippen LogP contribution is 2.31. The predicted molar refractivity (Wildman–Crippen MR) is 115 cm³/mol. The summed E-state index contributed by atoms with van der Waals surface area (Å²) in [7, 11) is 0. The molecule has 4 aromatic rings. The largest absolute Gasteiger partial charge is 0.351 e. The van der Waals surface area contributed by atoms with Gasteiger partial charge in [-0.3, -0.25) is 9.59 Å². The Labute approximate surface area is 170 Å². The molecule has 2 N–H and O–H groups in total. The second-order valence-electron chi connectivity index (χ2n) is 6.20. The maximum absolute atomic E-state index is 12.6. The molecule has 0 spiro atoms. The van der Waals surface area contributed by atoms with Crippen LogP contribution in [-0.4, -0.2) is 16.8 Å². The molecule has 0 aliphatic carbocycles. The summed E-state index contributed by atoms with van der Waals surface area (Å²) in [6, 6.07) is 19.3. The third kappa shape index (κ3) is 4.11. The van der Waals surface area contributed by atoms with Crippen LogP contribution in [-0.2, 0) is 11.3 Å². The molecular weight excluding hydrogens is 390 g/mol. The fourth-order valence-electron chi connectivity index (χ4n) is 2.72. The highest BCUT2D eigenvalue weighted by molar-refractivity contribution is 7.21. The van der Waals surface area contributed by atoms with E-state index in [0.717, 1.165) is 31.4 Å². The zero-order chi connectivity index (χ0) is 19.5. The molecular formula is C21H17N3O2S2. The van der Waals surface area contributed by atoms with Crippen molar-refractivity contribution in [2.45, 2.75) is 13.5 Å². The van der Waals surface area contributed by atoms with Crippen LogP contribution in [0.5, 0.6) is 0 Å². The molecule has 0 fully saturated rings. The summed E-state index contributed by atoms with van der Waals surface area (Å²) in [5, 5.41) is 6.60. The Bertz CT molecular complexity index is 1130. The van der Waals surface area contributed by atoms with Gasteiger partial charge in [0.2, 0.25) is 5.91 Å². The standard InChI is InChI=1S/C21H17N3O2S2/c1-13(25)22-12-16-9-10-19(27-16)20(26)23-15-6-4-5-14(11-15)21-24-17-7-2-3-8-18(17)28-21/h2-11H,12H2,1H3,(H,22,25)(H,23,26). The van der Waals surface area contributed by atoms with Gasteiger partial charge in [-0.2, -0.15) is 0 Å². The Hall–Kier alpha value is -3.03. The molecule has 0 saturated carbocycles. The molecule has 2 heterocycles. The minimum atomic E-state index is -0.166. The number of carbonyl (C=O) groups is 2. The van der Waals surface area contributed by atoms with Gasteiger partial charge in [-0.15, -0.1) is 22.7 Å². The van der Waals surface area contributed by atoms with Gasteiger partial charge in [0.1, 0.15) is 5.01 Å². The number of nitrogens with zero attached hydrogens (tertiary/aromatic N) is 1. The van der Waals surface area contributed by atoms with E-state index in [1.54, 1.807) is 17.4 Å². The minimum absolute atomic E-state index is 0.0916. The van der Waals surface area contributed by atoms with Crippen molar-refractivity contribution in [3.05, 3.63) is 70.4 Å². The van der Waals surface area contributed by atoms with Crippen LogP contribution in [0.4, 0.5) is 5.69 Å². The molecule has 0 unspecified atom stereocenters. The molecule has 2 aromatic heterocycles. The molecule has 0 bridgehead atoms. The van der Waals surface area contributed by atoms with E-state index in [0.29, 0.717) is 11.4 Å². The summed E-state index contributed by atoms with van der Waals surface area (Å²) < 4.78 is 1.14. The lowest BCUT2D eigenvalue weighted by Crippen LogP contribution is -2.18. The van der Waals surface area contributed by atoms with E-state index >= 15 is 0 Å². The van der Waals surface area contributed by atoms with Gasteiger partial charge >= 0.3 is 0 Å². The number of carbonyl (C=O) groups excluding carboxylic acids is 2. The zero-order valence-electron chi connectivity index (χ0n) is 15.1. The number of thiazole rings is 1. The van der Waals surface area contributed by atoms with Crippen LogP contribution < -0.4 is 10.6 Å². The van der Waals surface area contributed by atoms with E-state index in [2.05, 4.69) is 21.7 Å². The number of aromatic nitrogens is 1. The molecule has 4 rings (SSSR count). The van der Waals surface area contributed by atoms with E-state index in [1.165, 1.54) is 18.3 Å². The first-order valence-corrected chi connectivity index (χ1v) is 10.3. The van der Waals surface area contributed by atoms with Gasteiger partial charge in [-0.05, 0) is 36.4 Å². The van der Waals surface area contributed by atoms with Crippen molar-refractivity contribution in [3.8, 4) is 10.6 Å². The number of thiophene rings is 1. The fraction of sp³-hybridized carbons (Fsp3) is 0.0952. The second kappa shape index (κ2) is 7.92. The number of hydrogen-bond acceptors (Lipinski definition) is 5. The molecule has 28 heavy (non-hydrogen) atoms. The minimum Gasteiger partial charge on any atom is -0.351 e. The third-order valence-electron chi connectivity index (χ3n) is 4.06. The van der Waals surface area contributed by atoms with Crippen LogP contribution >= 0.6 is 22.7 Å². The van der Waals surface area contributed by atoms with Gasteiger partial charge in [-0.1, -0.05) is 24.3 Å². The molecule has 0 aliphatic heterocycles. The predicted octanol–water partition coefficient (Wildman–Crippen LogP) is 4.91. The topological polar surface area (TPSA) is 71.1 Å². The summed E-state index contributed by atoms with van der Waals surface area (Å²) in [5.74, 6) is -0.258. The van der Waals surface area contributed by atoms with Crippen molar-refractivity contribution in [2.24, 2.45) is 0 Å². The van der Waals surface area contributed by atoms with Gasteiger partial charge in [0, 0.05) is 23.1 Å². The number of anilines is 1. The molecule has 0 atom stereocenters. The Balaban J connectivity index is 1.50. The Morgan fingerprint density at radius 3 is 2.68 bits per heavy atom. The number of fused-ring (bicyclic) bond motifs is 1. The molecule has 2 aromatic carbocycles.